The number of piperazine rings is 1. The quantitative estimate of drug-likeness (QED) is 0.503. The summed E-state index contributed by atoms with van der Waals surface area (Å²) in [6, 6.07) is 22.7. The fourth-order valence-corrected chi connectivity index (χ4v) is 5.34. The van der Waals surface area contributed by atoms with E-state index in [0.717, 1.165) is 44.7 Å². The molecule has 4 aromatic rings. The van der Waals surface area contributed by atoms with Crippen LogP contribution in [0.3, 0.4) is 0 Å². The predicted molar refractivity (Wildman–Crippen MR) is 131 cm³/mol. The van der Waals surface area contributed by atoms with Gasteiger partial charge in [-0.25, -0.2) is 0 Å². The molecule has 2 aliphatic heterocycles. The van der Waals surface area contributed by atoms with Crippen molar-refractivity contribution in [2.24, 2.45) is 0 Å². The molecule has 0 saturated carbocycles. The first-order valence-corrected chi connectivity index (χ1v) is 11.5. The molecular weight excluding hydrogens is 426 g/mol. The summed E-state index contributed by atoms with van der Waals surface area (Å²) in [5, 5.41) is 1.10. The van der Waals surface area contributed by atoms with Crippen molar-refractivity contribution in [2.75, 3.05) is 18.6 Å². The highest BCUT2D eigenvalue weighted by molar-refractivity contribution is 6.07. The summed E-state index contributed by atoms with van der Waals surface area (Å²) >= 11 is 0. The second kappa shape index (κ2) is 7.76. The second-order valence-corrected chi connectivity index (χ2v) is 9.02. The van der Waals surface area contributed by atoms with E-state index in [0.29, 0.717) is 6.42 Å². The Morgan fingerprint density at radius 1 is 0.941 bits per heavy atom. The van der Waals surface area contributed by atoms with Crippen molar-refractivity contribution in [1.82, 2.24) is 9.88 Å². The highest BCUT2D eigenvalue weighted by atomic mass is 16.5. The maximum absolute atomic E-state index is 13.8. The molecule has 34 heavy (non-hydrogen) atoms. The van der Waals surface area contributed by atoms with Gasteiger partial charge in [0, 0.05) is 28.7 Å². The van der Waals surface area contributed by atoms with E-state index in [1.165, 1.54) is 0 Å². The lowest BCUT2D eigenvalue weighted by molar-refractivity contribution is -0.145. The minimum atomic E-state index is -0.568. The van der Waals surface area contributed by atoms with E-state index in [1.807, 2.05) is 73.7 Å². The van der Waals surface area contributed by atoms with Gasteiger partial charge in [-0.3, -0.25) is 9.59 Å². The van der Waals surface area contributed by atoms with Crippen molar-refractivity contribution in [3.63, 3.8) is 0 Å². The Bertz CT molecular complexity index is 1410. The number of nitrogens with zero attached hydrogens (tertiary/aromatic N) is 2. The zero-order valence-electron chi connectivity index (χ0n) is 19.1. The molecule has 0 aliphatic carbocycles. The van der Waals surface area contributed by atoms with Crippen molar-refractivity contribution in [2.45, 2.75) is 25.4 Å². The van der Waals surface area contributed by atoms with Gasteiger partial charge in [0.05, 0.1) is 13.2 Å². The largest absolute Gasteiger partial charge is 0.497 e. The zero-order valence-corrected chi connectivity index (χ0v) is 19.1. The van der Waals surface area contributed by atoms with E-state index in [-0.39, 0.29) is 24.4 Å². The Kier molecular flexibility index (Phi) is 4.69. The first-order valence-electron chi connectivity index (χ1n) is 11.5. The molecule has 6 heteroatoms. The van der Waals surface area contributed by atoms with Gasteiger partial charge in [-0.2, -0.15) is 0 Å². The molecule has 170 valence electrons. The van der Waals surface area contributed by atoms with Gasteiger partial charge in [0.1, 0.15) is 18.3 Å². The Labute approximate surface area is 197 Å². The molecule has 1 unspecified atom stereocenters. The van der Waals surface area contributed by atoms with Gasteiger partial charge in [-0.05, 0) is 48.4 Å². The molecule has 2 atom stereocenters. The summed E-state index contributed by atoms with van der Waals surface area (Å²) < 4.78 is 5.34. The molecule has 1 N–H and O–H groups in total. The number of aryl methyl sites for hydroxylation is 1. The third-order valence-electron chi connectivity index (χ3n) is 7.04. The number of nitrogens with one attached hydrogen (secondary N) is 1. The molecular formula is C28H25N3O3. The van der Waals surface area contributed by atoms with Gasteiger partial charge in [-0.1, -0.05) is 48.0 Å². The summed E-state index contributed by atoms with van der Waals surface area (Å²) in [7, 11) is 1.63. The molecule has 6 nitrogen and oxygen atoms in total. The fraction of sp³-hybridized carbons (Fsp3) is 0.214. The molecule has 2 aliphatic rings. The van der Waals surface area contributed by atoms with E-state index >= 15 is 0 Å². The number of hydrogen-bond acceptors (Lipinski definition) is 3. The Morgan fingerprint density at radius 3 is 2.41 bits per heavy atom. The van der Waals surface area contributed by atoms with Crippen molar-refractivity contribution in [3.8, 4) is 5.75 Å². The van der Waals surface area contributed by atoms with Crippen molar-refractivity contribution in [1.29, 1.82) is 0 Å². The number of para-hydroxylation sites is 1. The lowest BCUT2D eigenvalue weighted by atomic mass is 9.86. The number of ether oxygens (including phenoxy) is 1. The van der Waals surface area contributed by atoms with Gasteiger partial charge < -0.3 is 19.5 Å². The number of aromatic amines is 1. The van der Waals surface area contributed by atoms with Gasteiger partial charge in [0.2, 0.25) is 5.91 Å². The van der Waals surface area contributed by atoms with Crippen LogP contribution in [0.2, 0.25) is 0 Å². The molecule has 1 fully saturated rings. The fourth-order valence-electron chi connectivity index (χ4n) is 5.34. The number of carbonyl (C=O) groups is 2. The van der Waals surface area contributed by atoms with E-state index in [2.05, 4.69) is 11.1 Å². The van der Waals surface area contributed by atoms with E-state index < -0.39 is 6.04 Å². The average molecular weight is 452 g/mol. The minimum Gasteiger partial charge on any atom is -0.497 e. The van der Waals surface area contributed by atoms with E-state index in [1.54, 1.807) is 16.9 Å². The molecule has 2 amide bonds. The monoisotopic (exact) mass is 451 g/mol. The number of rotatable bonds is 3. The minimum absolute atomic E-state index is 0.0284. The van der Waals surface area contributed by atoms with Crippen LogP contribution < -0.4 is 9.64 Å². The zero-order chi connectivity index (χ0) is 23.4. The van der Waals surface area contributed by atoms with Crippen LogP contribution >= 0.6 is 0 Å². The normalized spacial score (nSPS) is 19.8. The van der Waals surface area contributed by atoms with E-state index in [9.17, 15) is 9.59 Å². The lowest BCUT2D eigenvalue weighted by Gasteiger charge is -2.47. The number of anilines is 1. The number of benzene rings is 3. The van der Waals surface area contributed by atoms with Crippen LogP contribution in [0.5, 0.6) is 5.75 Å². The highest BCUT2D eigenvalue weighted by Gasteiger charge is 2.48. The van der Waals surface area contributed by atoms with Crippen LogP contribution in [0.25, 0.3) is 10.9 Å². The summed E-state index contributed by atoms with van der Waals surface area (Å²) in [5.41, 5.74) is 5.91. The van der Waals surface area contributed by atoms with Crippen LogP contribution in [0.4, 0.5) is 5.69 Å². The van der Waals surface area contributed by atoms with Gasteiger partial charge >= 0.3 is 0 Å². The SMILES string of the molecule is COc1ccc([C@@H]2c3[nH]c4ccccc4c3CC3C(=O)N(c4ccc(C)cc4)CC(=O)N32)cc1. The molecule has 0 bridgehead atoms. The van der Waals surface area contributed by atoms with Crippen molar-refractivity contribution >= 4 is 28.4 Å². The van der Waals surface area contributed by atoms with Crippen LogP contribution in [-0.4, -0.2) is 41.4 Å². The summed E-state index contributed by atoms with van der Waals surface area (Å²) in [6.45, 7) is 2.04. The molecule has 6 rings (SSSR count). The van der Waals surface area contributed by atoms with Gasteiger partial charge in [0.15, 0.2) is 0 Å². The number of methoxy groups -OCH3 is 1. The van der Waals surface area contributed by atoms with Gasteiger partial charge in [-0.15, -0.1) is 0 Å². The number of carbonyl (C=O) groups excluding carboxylic acids is 2. The highest BCUT2D eigenvalue weighted by Crippen LogP contribution is 2.43. The maximum atomic E-state index is 13.8. The molecule has 1 saturated heterocycles. The molecule has 1 aromatic heterocycles. The first kappa shape index (κ1) is 20.5. The van der Waals surface area contributed by atoms with Crippen molar-refractivity contribution in [3.05, 3.63) is 95.2 Å². The third-order valence-corrected chi connectivity index (χ3v) is 7.04. The summed E-state index contributed by atoms with van der Waals surface area (Å²) in [6.07, 6.45) is 0.485. The predicted octanol–water partition coefficient (Wildman–Crippen LogP) is 4.37. The second-order valence-electron chi connectivity index (χ2n) is 9.02. The first-order chi connectivity index (χ1) is 16.5. The van der Waals surface area contributed by atoms with E-state index in [4.69, 9.17) is 4.74 Å². The molecule has 0 radical (unpaired) electrons. The van der Waals surface area contributed by atoms with Crippen LogP contribution in [0.15, 0.2) is 72.8 Å². The Balaban J connectivity index is 1.50. The third kappa shape index (κ3) is 3.10. The summed E-state index contributed by atoms with van der Waals surface area (Å²) in [4.78, 5) is 34.5. The van der Waals surface area contributed by atoms with Crippen LogP contribution in [0.1, 0.15) is 28.4 Å². The maximum Gasteiger partial charge on any atom is 0.250 e. The number of aromatic nitrogens is 1. The topological polar surface area (TPSA) is 65.6 Å². The average Bonchev–Trinajstić information content (AvgIpc) is 3.24. The number of H-pyrrole nitrogens is 1. The molecule has 3 heterocycles. The number of amides is 2. The molecule has 3 aromatic carbocycles. The Morgan fingerprint density at radius 2 is 1.68 bits per heavy atom. The Hall–Kier alpha value is -4.06. The smallest absolute Gasteiger partial charge is 0.250 e. The van der Waals surface area contributed by atoms with Crippen LogP contribution in [-0.2, 0) is 16.0 Å². The van der Waals surface area contributed by atoms with Crippen LogP contribution in [0, 0.1) is 6.92 Å². The number of hydrogen-bond donors (Lipinski definition) is 1. The van der Waals surface area contributed by atoms with Crippen molar-refractivity contribution < 1.29 is 14.3 Å². The molecule has 0 spiro atoms. The van der Waals surface area contributed by atoms with Gasteiger partial charge in [0.25, 0.3) is 5.91 Å². The standard InChI is InChI=1S/C28H25N3O3/c1-17-7-11-19(12-8-17)30-16-25(32)31-24(28(30)33)15-22-21-5-3-4-6-23(21)29-26(22)27(31)18-9-13-20(34-2)14-10-18/h3-14,24,27,29H,15-16H2,1-2H3/t24?,27-/m1/s1. The number of fused-ring (bicyclic) bond motifs is 4. The summed E-state index contributed by atoms with van der Waals surface area (Å²) in [5.74, 6) is 0.646. The lowest BCUT2D eigenvalue weighted by Crippen LogP contribution is -2.63.